The molecule has 1 saturated carbocycles. The lowest BCUT2D eigenvalue weighted by molar-refractivity contribution is 0.124. The SMILES string of the molecule is CC(C)O[Si](CC1CCCCC1)OC(C)C. The lowest BCUT2D eigenvalue weighted by atomic mass is 9.91. The molecule has 0 aromatic rings. The Morgan fingerprint density at radius 2 is 1.44 bits per heavy atom. The van der Waals surface area contributed by atoms with E-state index in [4.69, 9.17) is 8.85 Å². The average molecular weight is 243 g/mol. The van der Waals surface area contributed by atoms with Gasteiger partial charge in [-0.1, -0.05) is 32.1 Å². The second-order valence-corrected chi connectivity index (χ2v) is 7.04. The minimum atomic E-state index is -1.04. The van der Waals surface area contributed by atoms with E-state index in [2.05, 4.69) is 27.7 Å². The van der Waals surface area contributed by atoms with Crippen molar-refractivity contribution in [1.82, 2.24) is 0 Å². The zero-order valence-electron chi connectivity index (χ0n) is 11.3. The highest BCUT2D eigenvalue weighted by Crippen LogP contribution is 2.28. The van der Waals surface area contributed by atoms with Crippen molar-refractivity contribution in [2.75, 3.05) is 0 Å². The summed E-state index contributed by atoms with van der Waals surface area (Å²) < 4.78 is 11.9. The Morgan fingerprint density at radius 3 is 1.88 bits per heavy atom. The lowest BCUT2D eigenvalue weighted by Gasteiger charge is -2.26. The van der Waals surface area contributed by atoms with Crippen LogP contribution in [0.5, 0.6) is 0 Å². The largest absolute Gasteiger partial charge is 0.391 e. The number of hydrogen-bond donors (Lipinski definition) is 0. The second kappa shape index (κ2) is 7.46. The van der Waals surface area contributed by atoms with Crippen LogP contribution in [0.25, 0.3) is 0 Å². The quantitative estimate of drug-likeness (QED) is 0.659. The molecule has 0 aliphatic heterocycles. The Kier molecular flexibility index (Phi) is 6.62. The first-order valence-corrected chi connectivity index (χ1v) is 8.29. The molecule has 16 heavy (non-hydrogen) atoms. The van der Waals surface area contributed by atoms with Gasteiger partial charge in [-0.15, -0.1) is 0 Å². The molecule has 0 aromatic heterocycles. The summed E-state index contributed by atoms with van der Waals surface area (Å²) in [5.41, 5.74) is 0. The Bertz CT molecular complexity index is 167. The fraction of sp³-hybridized carbons (Fsp3) is 1.00. The molecule has 0 amide bonds. The van der Waals surface area contributed by atoms with E-state index in [1.54, 1.807) is 0 Å². The fourth-order valence-corrected chi connectivity index (χ4v) is 4.46. The normalized spacial score (nSPS) is 18.9. The van der Waals surface area contributed by atoms with Crippen molar-refractivity contribution in [3.63, 3.8) is 0 Å². The molecule has 1 aliphatic rings. The lowest BCUT2D eigenvalue weighted by Crippen LogP contribution is -2.31. The molecule has 95 valence electrons. The van der Waals surface area contributed by atoms with Crippen molar-refractivity contribution in [1.29, 1.82) is 0 Å². The van der Waals surface area contributed by atoms with Crippen LogP contribution in [0.4, 0.5) is 0 Å². The van der Waals surface area contributed by atoms with E-state index in [1.807, 2.05) is 0 Å². The van der Waals surface area contributed by atoms with Crippen molar-refractivity contribution in [2.24, 2.45) is 5.92 Å². The van der Waals surface area contributed by atoms with Crippen LogP contribution in [0.15, 0.2) is 0 Å². The summed E-state index contributed by atoms with van der Waals surface area (Å²) in [5, 5.41) is 0. The maximum Gasteiger partial charge on any atom is 0.385 e. The highest BCUT2D eigenvalue weighted by molar-refractivity contribution is 6.44. The van der Waals surface area contributed by atoms with E-state index in [0.29, 0.717) is 12.2 Å². The van der Waals surface area contributed by atoms with Gasteiger partial charge >= 0.3 is 9.28 Å². The molecule has 0 heterocycles. The van der Waals surface area contributed by atoms with Crippen LogP contribution in [-0.4, -0.2) is 21.5 Å². The molecule has 1 radical (unpaired) electrons. The molecular weight excluding hydrogens is 216 g/mol. The fourth-order valence-electron chi connectivity index (χ4n) is 2.28. The molecule has 0 bridgehead atoms. The summed E-state index contributed by atoms with van der Waals surface area (Å²) in [5.74, 6) is 0.861. The van der Waals surface area contributed by atoms with Crippen molar-refractivity contribution in [2.45, 2.75) is 78.1 Å². The molecule has 1 fully saturated rings. The molecule has 3 heteroatoms. The minimum absolute atomic E-state index is 0.302. The van der Waals surface area contributed by atoms with E-state index < -0.39 is 9.28 Å². The smallest absolute Gasteiger partial charge is 0.385 e. The number of rotatable bonds is 6. The molecule has 2 nitrogen and oxygen atoms in total. The van der Waals surface area contributed by atoms with Gasteiger partial charge in [0.1, 0.15) is 0 Å². The summed E-state index contributed by atoms with van der Waals surface area (Å²) in [6, 6.07) is 1.18. The van der Waals surface area contributed by atoms with Crippen LogP contribution < -0.4 is 0 Å². The van der Waals surface area contributed by atoms with Crippen molar-refractivity contribution in [3.8, 4) is 0 Å². The van der Waals surface area contributed by atoms with E-state index in [9.17, 15) is 0 Å². The zero-order chi connectivity index (χ0) is 12.0. The molecule has 0 N–H and O–H groups in total. The van der Waals surface area contributed by atoms with Gasteiger partial charge in [-0.2, -0.15) is 0 Å². The van der Waals surface area contributed by atoms with Gasteiger partial charge in [-0.05, 0) is 39.7 Å². The van der Waals surface area contributed by atoms with E-state index in [0.717, 1.165) is 5.92 Å². The van der Waals surface area contributed by atoms with Crippen molar-refractivity contribution in [3.05, 3.63) is 0 Å². The topological polar surface area (TPSA) is 18.5 Å². The second-order valence-electron chi connectivity index (χ2n) is 5.41. The third-order valence-electron chi connectivity index (χ3n) is 2.91. The molecule has 0 spiro atoms. The van der Waals surface area contributed by atoms with Gasteiger partial charge in [0.15, 0.2) is 0 Å². The van der Waals surface area contributed by atoms with E-state index in [-0.39, 0.29) is 0 Å². The molecule has 0 atom stereocenters. The molecular formula is C13H27O2Si. The summed E-state index contributed by atoms with van der Waals surface area (Å²) >= 11 is 0. The third-order valence-corrected chi connectivity index (χ3v) is 5.29. The van der Waals surface area contributed by atoms with Gasteiger partial charge < -0.3 is 8.85 Å². The molecule has 0 saturated heterocycles. The predicted molar refractivity (Wildman–Crippen MR) is 69.6 cm³/mol. The standard InChI is InChI=1S/C13H27O2Si/c1-11(2)14-16(15-12(3)4)10-13-8-6-5-7-9-13/h11-13H,5-10H2,1-4H3. The highest BCUT2D eigenvalue weighted by Gasteiger charge is 2.25. The Labute approximate surface area is 103 Å². The van der Waals surface area contributed by atoms with Crippen molar-refractivity contribution < 1.29 is 8.85 Å². The summed E-state index contributed by atoms with van der Waals surface area (Å²) in [4.78, 5) is 0. The first kappa shape index (κ1) is 14.2. The Morgan fingerprint density at radius 1 is 0.938 bits per heavy atom. The molecule has 0 unspecified atom stereocenters. The monoisotopic (exact) mass is 243 g/mol. The van der Waals surface area contributed by atoms with Gasteiger partial charge in [-0.3, -0.25) is 0 Å². The van der Waals surface area contributed by atoms with Crippen LogP contribution in [-0.2, 0) is 8.85 Å². The summed E-state index contributed by atoms with van der Waals surface area (Å²) in [7, 11) is -1.04. The maximum atomic E-state index is 5.94. The van der Waals surface area contributed by atoms with Gasteiger partial charge in [-0.25, -0.2) is 0 Å². The van der Waals surface area contributed by atoms with Gasteiger partial charge in [0, 0.05) is 12.2 Å². The molecule has 1 rings (SSSR count). The highest BCUT2D eigenvalue weighted by atomic mass is 28.3. The van der Waals surface area contributed by atoms with E-state index in [1.165, 1.54) is 38.1 Å². The third kappa shape index (κ3) is 6.02. The minimum Gasteiger partial charge on any atom is -0.391 e. The predicted octanol–water partition coefficient (Wildman–Crippen LogP) is 3.90. The summed E-state index contributed by atoms with van der Waals surface area (Å²) in [6.45, 7) is 8.43. The van der Waals surface area contributed by atoms with Gasteiger partial charge in [0.2, 0.25) is 0 Å². The van der Waals surface area contributed by atoms with Crippen molar-refractivity contribution >= 4 is 9.28 Å². The van der Waals surface area contributed by atoms with Gasteiger partial charge in [0.25, 0.3) is 0 Å². The zero-order valence-corrected chi connectivity index (χ0v) is 12.3. The van der Waals surface area contributed by atoms with Crippen LogP contribution in [0.3, 0.4) is 0 Å². The van der Waals surface area contributed by atoms with E-state index >= 15 is 0 Å². The summed E-state index contributed by atoms with van der Waals surface area (Å²) in [6.07, 6.45) is 7.61. The van der Waals surface area contributed by atoms with Crippen LogP contribution in [0.2, 0.25) is 6.04 Å². The first-order chi connectivity index (χ1) is 7.58. The van der Waals surface area contributed by atoms with Crippen LogP contribution in [0, 0.1) is 5.92 Å². The Hall–Kier alpha value is 0.137. The van der Waals surface area contributed by atoms with Gasteiger partial charge in [0.05, 0.1) is 0 Å². The first-order valence-electron chi connectivity index (χ1n) is 6.77. The molecule has 0 aromatic carbocycles. The molecule has 1 aliphatic carbocycles. The Balaban J connectivity index is 2.35. The average Bonchev–Trinajstić information content (AvgIpc) is 2.16. The maximum absolute atomic E-state index is 5.94. The number of hydrogen-bond acceptors (Lipinski definition) is 2. The van der Waals surface area contributed by atoms with Crippen LogP contribution >= 0.6 is 0 Å². The van der Waals surface area contributed by atoms with Crippen LogP contribution in [0.1, 0.15) is 59.8 Å².